The number of ether oxygens (including phenoxy) is 2. The van der Waals surface area contributed by atoms with E-state index in [0.717, 1.165) is 50.6 Å². The molecule has 2 N–H and O–H groups in total. The Labute approximate surface area is 167 Å². The van der Waals surface area contributed by atoms with Crippen molar-refractivity contribution in [2.24, 2.45) is 0 Å². The molecule has 1 aromatic rings. The quantitative estimate of drug-likeness (QED) is 0.363. The van der Waals surface area contributed by atoms with Crippen LogP contribution in [0.25, 0.3) is 5.57 Å². The van der Waals surface area contributed by atoms with Crippen molar-refractivity contribution in [2.75, 3.05) is 64.5 Å². The predicted molar refractivity (Wildman–Crippen MR) is 110 cm³/mol. The molecule has 0 unspecified atom stereocenters. The second-order valence-corrected chi connectivity index (χ2v) is 6.52. The van der Waals surface area contributed by atoms with Gasteiger partial charge in [-0.2, -0.15) is 5.26 Å². The van der Waals surface area contributed by atoms with Crippen LogP contribution in [0.4, 0.5) is 5.69 Å². The molecule has 1 saturated heterocycles. The van der Waals surface area contributed by atoms with Crippen LogP contribution in [-0.4, -0.2) is 70.0 Å². The Hall–Kier alpha value is -2.40. The van der Waals surface area contributed by atoms with E-state index < -0.39 is 0 Å². The van der Waals surface area contributed by atoms with E-state index in [-0.39, 0.29) is 11.5 Å². The molecule has 7 nitrogen and oxygen atoms in total. The molecule has 1 fully saturated rings. The summed E-state index contributed by atoms with van der Waals surface area (Å²) in [5.41, 5.74) is 2.67. The van der Waals surface area contributed by atoms with Gasteiger partial charge in [-0.25, -0.2) is 0 Å². The van der Waals surface area contributed by atoms with Gasteiger partial charge < -0.3 is 20.1 Å². The van der Waals surface area contributed by atoms with E-state index in [2.05, 4.69) is 15.5 Å². The van der Waals surface area contributed by atoms with Crippen molar-refractivity contribution in [3.8, 4) is 6.07 Å². The van der Waals surface area contributed by atoms with Crippen molar-refractivity contribution in [1.29, 1.82) is 5.26 Å². The van der Waals surface area contributed by atoms with Gasteiger partial charge in [-0.05, 0) is 37.1 Å². The molecule has 28 heavy (non-hydrogen) atoms. The number of amides is 1. The molecule has 1 heterocycles. The molecule has 0 aliphatic carbocycles. The smallest absolute Gasteiger partial charge is 0.262 e. The monoisotopic (exact) mass is 386 g/mol. The highest BCUT2D eigenvalue weighted by Crippen LogP contribution is 2.20. The molecule has 2 rings (SSSR count). The van der Waals surface area contributed by atoms with E-state index in [1.807, 2.05) is 37.3 Å². The van der Waals surface area contributed by atoms with Crippen LogP contribution in [0.15, 0.2) is 29.8 Å². The molecule has 1 aliphatic rings. The standard InChI is InChI=1S/C21H30N4O3/c1-3-27-13-9-24-21(26)20(16-22)17(2)18-4-6-19(7-5-18)23-8-10-25-11-14-28-15-12-25/h4-7,23H,3,8-15H2,1-2H3,(H,24,26)/b20-17+. The first-order valence-electron chi connectivity index (χ1n) is 9.77. The average Bonchev–Trinajstić information content (AvgIpc) is 2.73. The average molecular weight is 386 g/mol. The Morgan fingerprint density at radius 1 is 1.25 bits per heavy atom. The first-order valence-corrected chi connectivity index (χ1v) is 9.77. The third kappa shape index (κ3) is 6.97. The lowest BCUT2D eigenvalue weighted by Crippen LogP contribution is -2.38. The fourth-order valence-corrected chi connectivity index (χ4v) is 2.94. The number of allylic oxidation sites excluding steroid dienone is 1. The summed E-state index contributed by atoms with van der Waals surface area (Å²) in [4.78, 5) is 14.6. The van der Waals surface area contributed by atoms with Crippen molar-refractivity contribution in [3.05, 3.63) is 35.4 Å². The van der Waals surface area contributed by atoms with Crippen LogP contribution in [-0.2, 0) is 14.3 Å². The van der Waals surface area contributed by atoms with Crippen molar-refractivity contribution in [3.63, 3.8) is 0 Å². The second kappa shape index (κ2) is 12.1. The number of carbonyl (C=O) groups excluding carboxylic acids is 1. The predicted octanol–water partition coefficient (Wildman–Crippen LogP) is 1.88. The number of hydrogen-bond donors (Lipinski definition) is 2. The number of morpholine rings is 1. The maximum absolute atomic E-state index is 12.2. The minimum Gasteiger partial charge on any atom is -0.384 e. The Bertz CT molecular complexity index is 689. The summed E-state index contributed by atoms with van der Waals surface area (Å²) < 4.78 is 10.6. The molecular formula is C21H30N4O3. The molecule has 0 saturated carbocycles. The molecule has 1 aromatic carbocycles. The van der Waals surface area contributed by atoms with E-state index in [0.29, 0.717) is 25.3 Å². The number of benzene rings is 1. The minimum atomic E-state index is -0.368. The molecule has 0 aromatic heterocycles. The Morgan fingerprint density at radius 3 is 2.61 bits per heavy atom. The van der Waals surface area contributed by atoms with Gasteiger partial charge in [-0.1, -0.05) is 12.1 Å². The van der Waals surface area contributed by atoms with Crippen molar-refractivity contribution in [2.45, 2.75) is 13.8 Å². The van der Waals surface area contributed by atoms with Crippen LogP contribution in [0.1, 0.15) is 19.4 Å². The fourth-order valence-electron chi connectivity index (χ4n) is 2.94. The number of nitrogens with zero attached hydrogens (tertiary/aromatic N) is 2. The van der Waals surface area contributed by atoms with Crippen LogP contribution in [0.2, 0.25) is 0 Å². The minimum absolute atomic E-state index is 0.129. The molecule has 152 valence electrons. The Morgan fingerprint density at radius 2 is 1.96 bits per heavy atom. The van der Waals surface area contributed by atoms with Crippen molar-refractivity contribution >= 4 is 17.2 Å². The molecule has 1 aliphatic heterocycles. The first kappa shape index (κ1) is 21.9. The highest BCUT2D eigenvalue weighted by Gasteiger charge is 2.13. The molecule has 0 spiro atoms. The molecule has 1 amide bonds. The zero-order valence-electron chi connectivity index (χ0n) is 16.8. The maximum atomic E-state index is 12.2. The molecular weight excluding hydrogens is 356 g/mol. The second-order valence-electron chi connectivity index (χ2n) is 6.52. The van der Waals surface area contributed by atoms with Crippen LogP contribution in [0.3, 0.4) is 0 Å². The summed E-state index contributed by atoms with van der Waals surface area (Å²) in [5.74, 6) is -0.368. The van der Waals surface area contributed by atoms with Gasteiger partial charge in [-0.3, -0.25) is 9.69 Å². The third-order valence-electron chi connectivity index (χ3n) is 4.63. The normalized spacial score (nSPS) is 15.5. The van der Waals surface area contributed by atoms with E-state index in [9.17, 15) is 10.1 Å². The van der Waals surface area contributed by atoms with E-state index in [1.165, 1.54) is 0 Å². The largest absolute Gasteiger partial charge is 0.384 e. The number of anilines is 1. The van der Waals surface area contributed by atoms with Crippen LogP contribution in [0.5, 0.6) is 0 Å². The summed E-state index contributed by atoms with van der Waals surface area (Å²) in [6.07, 6.45) is 0. The van der Waals surface area contributed by atoms with E-state index in [4.69, 9.17) is 9.47 Å². The van der Waals surface area contributed by atoms with Crippen LogP contribution >= 0.6 is 0 Å². The SMILES string of the molecule is CCOCCNC(=O)/C(C#N)=C(\C)c1ccc(NCCN2CCOCC2)cc1. The number of carbonyl (C=O) groups is 1. The summed E-state index contributed by atoms with van der Waals surface area (Å²) in [6, 6.07) is 9.82. The topological polar surface area (TPSA) is 86.6 Å². The third-order valence-corrected chi connectivity index (χ3v) is 4.63. The van der Waals surface area contributed by atoms with Gasteiger partial charge in [0, 0.05) is 45.0 Å². The fraction of sp³-hybridized carbons (Fsp3) is 0.524. The Kier molecular flexibility index (Phi) is 9.49. The Balaban J connectivity index is 1.89. The summed E-state index contributed by atoms with van der Waals surface area (Å²) in [7, 11) is 0. The highest BCUT2D eigenvalue weighted by molar-refractivity contribution is 6.04. The lowest BCUT2D eigenvalue weighted by atomic mass is 10.0. The summed E-state index contributed by atoms with van der Waals surface area (Å²) in [6.45, 7) is 10.5. The van der Waals surface area contributed by atoms with Crippen LogP contribution < -0.4 is 10.6 Å². The van der Waals surface area contributed by atoms with Crippen molar-refractivity contribution in [1.82, 2.24) is 10.2 Å². The number of rotatable bonds is 10. The highest BCUT2D eigenvalue weighted by atomic mass is 16.5. The molecule has 0 bridgehead atoms. The van der Waals surface area contributed by atoms with Gasteiger partial charge in [0.15, 0.2) is 0 Å². The van der Waals surface area contributed by atoms with Crippen molar-refractivity contribution < 1.29 is 14.3 Å². The van der Waals surface area contributed by atoms with E-state index in [1.54, 1.807) is 6.92 Å². The van der Waals surface area contributed by atoms with Gasteiger partial charge in [0.1, 0.15) is 11.6 Å². The van der Waals surface area contributed by atoms with Gasteiger partial charge in [0.25, 0.3) is 5.91 Å². The number of nitrogens with one attached hydrogen (secondary N) is 2. The summed E-state index contributed by atoms with van der Waals surface area (Å²) in [5, 5.41) is 15.5. The lowest BCUT2D eigenvalue weighted by molar-refractivity contribution is -0.117. The molecule has 7 heteroatoms. The van der Waals surface area contributed by atoms with Gasteiger partial charge in [0.05, 0.1) is 19.8 Å². The number of hydrogen-bond acceptors (Lipinski definition) is 6. The summed E-state index contributed by atoms with van der Waals surface area (Å²) >= 11 is 0. The molecule has 0 radical (unpaired) electrons. The van der Waals surface area contributed by atoms with Crippen LogP contribution in [0, 0.1) is 11.3 Å². The lowest BCUT2D eigenvalue weighted by Gasteiger charge is -2.26. The number of nitriles is 1. The maximum Gasteiger partial charge on any atom is 0.262 e. The van der Waals surface area contributed by atoms with Gasteiger partial charge >= 0.3 is 0 Å². The zero-order chi connectivity index (χ0) is 20.2. The van der Waals surface area contributed by atoms with Gasteiger partial charge in [-0.15, -0.1) is 0 Å². The zero-order valence-corrected chi connectivity index (χ0v) is 16.8. The van der Waals surface area contributed by atoms with E-state index >= 15 is 0 Å². The molecule has 0 atom stereocenters. The van der Waals surface area contributed by atoms with Gasteiger partial charge in [0.2, 0.25) is 0 Å². The first-order chi connectivity index (χ1) is 13.7.